The van der Waals surface area contributed by atoms with Crippen LogP contribution in [0.5, 0.6) is 0 Å². The summed E-state index contributed by atoms with van der Waals surface area (Å²) in [5.41, 5.74) is -0.838. The molecule has 2 heterocycles. The van der Waals surface area contributed by atoms with Crippen LogP contribution in [0.15, 0.2) is 12.4 Å². The van der Waals surface area contributed by atoms with Crippen LogP contribution in [-0.2, 0) is 16.0 Å². The Morgan fingerprint density at radius 2 is 1.39 bits per heavy atom. The monoisotopic (exact) mass is 392 g/mol. The van der Waals surface area contributed by atoms with Crippen molar-refractivity contribution in [2.24, 2.45) is 0 Å². The lowest BCUT2D eigenvalue weighted by atomic mass is 10.1. The van der Waals surface area contributed by atoms with Crippen molar-refractivity contribution in [2.45, 2.75) is 78.6 Å². The van der Waals surface area contributed by atoms with Gasteiger partial charge in [0.05, 0.1) is 6.54 Å². The van der Waals surface area contributed by atoms with Crippen molar-refractivity contribution in [3.63, 3.8) is 0 Å². The van der Waals surface area contributed by atoms with E-state index in [2.05, 4.69) is 14.9 Å². The number of carbonyl (C=O) groups is 2. The van der Waals surface area contributed by atoms with Crippen molar-refractivity contribution in [1.29, 1.82) is 0 Å². The van der Waals surface area contributed by atoms with Crippen LogP contribution in [0.1, 0.15) is 66.4 Å². The normalized spacial score (nSPS) is 15.1. The molecule has 1 aliphatic rings. The molecule has 0 saturated carbocycles. The second-order valence-corrected chi connectivity index (χ2v) is 8.99. The maximum absolute atomic E-state index is 12.6. The second-order valence-electron chi connectivity index (χ2n) is 8.99. The van der Waals surface area contributed by atoms with Gasteiger partial charge in [0.2, 0.25) is 5.95 Å². The third kappa shape index (κ3) is 6.98. The fourth-order valence-electron chi connectivity index (χ4n) is 2.71. The van der Waals surface area contributed by atoms with Crippen LogP contribution in [0, 0.1) is 0 Å². The predicted molar refractivity (Wildman–Crippen MR) is 106 cm³/mol. The Bertz CT molecular complexity index is 643. The molecule has 1 saturated heterocycles. The minimum atomic E-state index is -0.762. The Labute approximate surface area is 167 Å². The Morgan fingerprint density at radius 1 is 0.929 bits per heavy atom. The molecular weight excluding hydrogens is 360 g/mol. The summed E-state index contributed by atoms with van der Waals surface area (Å²) in [5.74, 6) is 0.671. The average Bonchev–Trinajstić information content (AvgIpc) is 2.58. The molecule has 28 heavy (non-hydrogen) atoms. The van der Waals surface area contributed by atoms with Gasteiger partial charge in [0.15, 0.2) is 0 Å². The summed E-state index contributed by atoms with van der Waals surface area (Å²) < 4.78 is 10.7. The molecule has 0 atom stereocenters. The lowest BCUT2D eigenvalue weighted by molar-refractivity contribution is -0.000271. The van der Waals surface area contributed by atoms with Gasteiger partial charge < -0.3 is 14.4 Å². The van der Waals surface area contributed by atoms with Crippen molar-refractivity contribution >= 4 is 18.1 Å². The van der Waals surface area contributed by atoms with Gasteiger partial charge in [-0.05, 0) is 60.8 Å². The molecule has 1 aromatic rings. The number of imide groups is 1. The molecule has 156 valence electrons. The zero-order chi connectivity index (χ0) is 20.9. The Morgan fingerprint density at radius 3 is 1.82 bits per heavy atom. The number of ether oxygens (including phenoxy) is 2. The SMILES string of the molecule is CC(C)(C)OC(=O)N(Cc1cnc(N2CCCCC2)nc1)C(=O)OC(C)(C)C. The number of hydrogen-bond donors (Lipinski definition) is 0. The van der Waals surface area contributed by atoms with Gasteiger partial charge in [0, 0.05) is 31.0 Å². The van der Waals surface area contributed by atoms with Gasteiger partial charge >= 0.3 is 12.2 Å². The number of piperidine rings is 1. The molecule has 0 bridgehead atoms. The summed E-state index contributed by atoms with van der Waals surface area (Å²) in [6.45, 7) is 12.3. The zero-order valence-electron chi connectivity index (χ0n) is 17.8. The van der Waals surface area contributed by atoms with E-state index >= 15 is 0 Å². The molecule has 1 aromatic heterocycles. The highest BCUT2D eigenvalue weighted by atomic mass is 16.6. The number of hydrogen-bond acceptors (Lipinski definition) is 7. The van der Waals surface area contributed by atoms with Crippen molar-refractivity contribution in [2.75, 3.05) is 18.0 Å². The highest BCUT2D eigenvalue weighted by Gasteiger charge is 2.31. The summed E-state index contributed by atoms with van der Waals surface area (Å²) in [4.78, 5) is 37.0. The molecule has 0 N–H and O–H groups in total. The van der Waals surface area contributed by atoms with Crippen LogP contribution < -0.4 is 4.90 Å². The third-order valence-corrected chi connectivity index (χ3v) is 3.90. The lowest BCUT2D eigenvalue weighted by Gasteiger charge is -2.29. The molecule has 2 amide bonds. The van der Waals surface area contributed by atoms with E-state index in [1.807, 2.05) is 0 Å². The average molecular weight is 393 g/mol. The highest BCUT2D eigenvalue weighted by molar-refractivity contribution is 5.88. The number of aromatic nitrogens is 2. The maximum atomic E-state index is 12.6. The van der Waals surface area contributed by atoms with Crippen molar-refractivity contribution in [3.05, 3.63) is 18.0 Å². The maximum Gasteiger partial charge on any atom is 0.420 e. The summed E-state index contributed by atoms with van der Waals surface area (Å²) in [6, 6.07) is 0. The molecule has 8 heteroatoms. The van der Waals surface area contributed by atoms with E-state index in [1.165, 1.54) is 6.42 Å². The van der Waals surface area contributed by atoms with Gasteiger partial charge in [-0.2, -0.15) is 0 Å². The summed E-state index contributed by atoms with van der Waals surface area (Å²) in [6.07, 6.45) is 5.25. The molecule has 0 aromatic carbocycles. The van der Waals surface area contributed by atoms with Crippen LogP contribution in [0.3, 0.4) is 0 Å². The molecule has 0 aliphatic carbocycles. The van der Waals surface area contributed by atoms with Gasteiger partial charge in [0.25, 0.3) is 0 Å². The zero-order valence-corrected chi connectivity index (χ0v) is 17.8. The minimum absolute atomic E-state index is 0.0237. The number of rotatable bonds is 3. The first kappa shape index (κ1) is 21.9. The Kier molecular flexibility index (Phi) is 6.85. The van der Waals surface area contributed by atoms with Crippen LogP contribution in [0.4, 0.5) is 15.5 Å². The molecule has 0 radical (unpaired) electrons. The Balaban J connectivity index is 2.14. The lowest BCUT2D eigenvalue weighted by Crippen LogP contribution is -2.43. The van der Waals surface area contributed by atoms with Crippen molar-refractivity contribution < 1.29 is 19.1 Å². The van der Waals surface area contributed by atoms with Crippen molar-refractivity contribution in [3.8, 4) is 0 Å². The van der Waals surface area contributed by atoms with Crippen LogP contribution >= 0.6 is 0 Å². The van der Waals surface area contributed by atoms with E-state index in [4.69, 9.17) is 9.47 Å². The van der Waals surface area contributed by atoms with Gasteiger partial charge in [-0.3, -0.25) is 0 Å². The van der Waals surface area contributed by atoms with E-state index < -0.39 is 23.4 Å². The van der Waals surface area contributed by atoms with Gasteiger partial charge in [-0.1, -0.05) is 0 Å². The van der Waals surface area contributed by atoms with Crippen molar-refractivity contribution in [1.82, 2.24) is 14.9 Å². The fraction of sp³-hybridized carbons (Fsp3) is 0.700. The largest absolute Gasteiger partial charge is 0.443 e. The number of anilines is 1. The van der Waals surface area contributed by atoms with E-state index in [0.717, 1.165) is 30.8 Å². The molecule has 2 rings (SSSR count). The first-order chi connectivity index (χ1) is 12.9. The first-order valence-electron chi connectivity index (χ1n) is 9.74. The number of amides is 2. The second kappa shape index (κ2) is 8.75. The fourth-order valence-corrected chi connectivity index (χ4v) is 2.71. The predicted octanol–water partition coefficient (Wildman–Crippen LogP) is 4.14. The summed E-state index contributed by atoms with van der Waals surface area (Å²) in [7, 11) is 0. The van der Waals surface area contributed by atoms with Crippen LogP contribution in [0.25, 0.3) is 0 Å². The van der Waals surface area contributed by atoms with Gasteiger partial charge in [0.1, 0.15) is 11.2 Å². The molecule has 1 aliphatic heterocycles. The van der Waals surface area contributed by atoms with Gasteiger partial charge in [-0.25, -0.2) is 24.5 Å². The molecule has 1 fully saturated rings. The summed E-state index contributed by atoms with van der Waals surface area (Å²) >= 11 is 0. The van der Waals surface area contributed by atoms with E-state index in [9.17, 15) is 9.59 Å². The van der Waals surface area contributed by atoms with Crippen LogP contribution in [-0.4, -0.2) is 51.3 Å². The Hall–Kier alpha value is -2.38. The van der Waals surface area contributed by atoms with E-state index in [0.29, 0.717) is 11.5 Å². The van der Waals surface area contributed by atoms with Gasteiger partial charge in [-0.15, -0.1) is 0 Å². The summed E-state index contributed by atoms with van der Waals surface area (Å²) in [5, 5.41) is 0. The molecule has 0 spiro atoms. The van der Waals surface area contributed by atoms with E-state index in [1.54, 1.807) is 53.9 Å². The highest BCUT2D eigenvalue weighted by Crippen LogP contribution is 2.18. The topological polar surface area (TPSA) is 84.9 Å². The molecular formula is C20H32N4O4. The quantitative estimate of drug-likeness (QED) is 0.764. The van der Waals surface area contributed by atoms with Crippen LogP contribution in [0.2, 0.25) is 0 Å². The third-order valence-electron chi connectivity index (χ3n) is 3.90. The number of nitrogens with zero attached hydrogens (tertiary/aromatic N) is 4. The first-order valence-corrected chi connectivity index (χ1v) is 9.74. The standard InChI is InChI=1S/C20H32N4O4/c1-19(2,3)27-17(25)24(18(26)28-20(4,5)6)14-15-12-21-16(22-13-15)23-10-8-7-9-11-23/h12-13H,7-11,14H2,1-6H3. The molecule has 8 nitrogen and oxygen atoms in total. The smallest absolute Gasteiger partial charge is 0.420 e. The van der Waals surface area contributed by atoms with E-state index in [-0.39, 0.29) is 6.54 Å². The minimum Gasteiger partial charge on any atom is -0.443 e. The molecule has 0 unspecified atom stereocenters. The number of carbonyl (C=O) groups excluding carboxylic acids is 2.